The zero-order valence-corrected chi connectivity index (χ0v) is 11.1. The van der Waals surface area contributed by atoms with Crippen LogP contribution < -0.4 is 0 Å². The van der Waals surface area contributed by atoms with Crippen LogP contribution in [0.1, 0.15) is 33.7 Å². The molecule has 1 rings (SSSR count). The van der Waals surface area contributed by atoms with Crippen LogP contribution in [0.15, 0.2) is 30.3 Å². The summed E-state index contributed by atoms with van der Waals surface area (Å²) in [5.41, 5.74) is 0.157. The number of amides is 1. The van der Waals surface area contributed by atoms with E-state index in [-0.39, 0.29) is 13.6 Å². The van der Waals surface area contributed by atoms with Crippen molar-refractivity contribution in [3.8, 4) is 0 Å². The highest BCUT2D eigenvalue weighted by atomic mass is 16.6. The number of nitrogens with zero attached hydrogens (tertiary/aromatic N) is 1. The van der Waals surface area contributed by atoms with E-state index in [9.17, 15) is 9.90 Å². The van der Waals surface area contributed by atoms with E-state index in [1.54, 1.807) is 20.8 Å². The largest absolute Gasteiger partial charge is 0.444 e. The summed E-state index contributed by atoms with van der Waals surface area (Å²) in [4.78, 5) is 13.2. The van der Waals surface area contributed by atoms with Gasteiger partial charge in [0.25, 0.3) is 0 Å². The molecule has 0 fully saturated rings. The number of carbonyl (C=O) groups is 1. The molecule has 1 aromatic rings. The van der Waals surface area contributed by atoms with Crippen LogP contribution in [0.4, 0.5) is 4.79 Å². The summed E-state index contributed by atoms with van der Waals surface area (Å²) in [7, 11) is -0.269. The molecule has 0 heterocycles. The first kappa shape index (κ1) is 12.9. The van der Waals surface area contributed by atoms with Crippen molar-refractivity contribution in [3.05, 3.63) is 35.9 Å². The first-order chi connectivity index (χ1) is 8.89. The zero-order valence-electron chi connectivity index (χ0n) is 12.1. The number of benzene rings is 1. The molecule has 1 unspecified atom stereocenters. The second-order valence-corrected chi connectivity index (χ2v) is 5.06. The smallest absolute Gasteiger partial charge is 0.410 e. The third kappa shape index (κ3) is 4.04. The maximum Gasteiger partial charge on any atom is 0.410 e. The maximum absolute atomic E-state index is 12.0. The number of aliphatic hydroxyl groups is 1. The van der Waals surface area contributed by atoms with Crippen LogP contribution in [0.2, 0.25) is 0 Å². The van der Waals surface area contributed by atoms with Gasteiger partial charge in [0.2, 0.25) is 0 Å². The van der Waals surface area contributed by atoms with Gasteiger partial charge in [0.15, 0.2) is 0 Å². The SMILES string of the molecule is [2H]CN(C(=O)OC(C)(C)C)C(CO)c1ccccc1. The highest BCUT2D eigenvalue weighted by Gasteiger charge is 2.25. The van der Waals surface area contributed by atoms with Crippen molar-refractivity contribution in [3.63, 3.8) is 0 Å². The fourth-order valence-electron chi connectivity index (χ4n) is 1.51. The van der Waals surface area contributed by atoms with Crippen LogP contribution in [-0.4, -0.2) is 35.3 Å². The van der Waals surface area contributed by atoms with Gasteiger partial charge in [0.1, 0.15) is 5.60 Å². The predicted octanol–water partition coefficient (Wildman–Crippen LogP) is 2.59. The Morgan fingerprint density at radius 1 is 1.44 bits per heavy atom. The van der Waals surface area contributed by atoms with Crippen LogP contribution in [0, 0.1) is 0 Å². The molecule has 0 spiro atoms. The second-order valence-electron chi connectivity index (χ2n) is 5.06. The summed E-state index contributed by atoms with van der Waals surface area (Å²) in [6.45, 7) is 5.05. The fourth-order valence-corrected chi connectivity index (χ4v) is 1.51. The molecule has 0 aliphatic rings. The molecule has 0 radical (unpaired) electrons. The van der Waals surface area contributed by atoms with Gasteiger partial charge in [0, 0.05) is 8.39 Å². The molecule has 18 heavy (non-hydrogen) atoms. The highest BCUT2D eigenvalue weighted by molar-refractivity contribution is 5.68. The monoisotopic (exact) mass is 252 g/mol. The lowest BCUT2D eigenvalue weighted by Gasteiger charge is -2.30. The van der Waals surface area contributed by atoms with Crippen molar-refractivity contribution >= 4 is 6.09 Å². The minimum absolute atomic E-state index is 0.248. The molecule has 0 aliphatic carbocycles. The number of likely N-dealkylation sites (N-methyl/N-ethyl adjacent to an activating group) is 1. The van der Waals surface area contributed by atoms with Gasteiger partial charge in [-0.2, -0.15) is 0 Å². The van der Waals surface area contributed by atoms with Gasteiger partial charge in [0.05, 0.1) is 12.6 Å². The van der Waals surface area contributed by atoms with Gasteiger partial charge >= 0.3 is 6.09 Å². The van der Waals surface area contributed by atoms with Gasteiger partial charge in [-0.1, -0.05) is 30.3 Å². The van der Waals surface area contributed by atoms with Crippen LogP contribution >= 0.6 is 0 Å². The van der Waals surface area contributed by atoms with E-state index < -0.39 is 17.7 Å². The lowest BCUT2D eigenvalue weighted by Crippen LogP contribution is -2.37. The number of hydrogen-bond acceptors (Lipinski definition) is 3. The molecule has 0 bridgehead atoms. The number of ether oxygens (including phenoxy) is 1. The first-order valence-corrected chi connectivity index (χ1v) is 5.83. The van der Waals surface area contributed by atoms with Crippen LogP contribution in [0.25, 0.3) is 0 Å². The maximum atomic E-state index is 12.0. The van der Waals surface area contributed by atoms with Crippen molar-refractivity contribution in [2.75, 3.05) is 13.6 Å². The molecule has 0 aliphatic heterocycles. The van der Waals surface area contributed by atoms with Gasteiger partial charge in [-0.15, -0.1) is 0 Å². The molecule has 0 saturated heterocycles. The van der Waals surface area contributed by atoms with Crippen molar-refractivity contribution in [2.24, 2.45) is 0 Å². The van der Waals surface area contributed by atoms with E-state index >= 15 is 0 Å². The number of rotatable bonds is 3. The summed E-state index contributed by atoms with van der Waals surface area (Å²) >= 11 is 0. The molecule has 100 valence electrons. The van der Waals surface area contributed by atoms with Gasteiger partial charge < -0.3 is 14.7 Å². The molecular weight excluding hydrogens is 230 g/mol. The Morgan fingerprint density at radius 3 is 2.50 bits per heavy atom. The molecule has 1 N–H and O–H groups in total. The molecule has 0 aromatic heterocycles. The minimum Gasteiger partial charge on any atom is -0.444 e. The molecule has 1 aromatic carbocycles. The Balaban J connectivity index is 2.91. The Labute approximate surface area is 110 Å². The number of carbonyl (C=O) groups excluding carboxylic acids is 1. The first-order valence-electron chi connectivity index (χ1n) is 6.54. The van der Waals surface area contributed by atoms with E-state index in [1.807, 2.05) is 30.3 Å². The summed E-state index contributed by atoms with van der Waals surface area (Å²) in [6.07, 6.45) is -0.592. The number of hydrogen-bond donors (Lipinski definition) is 1. The molecule has 1 atom stereocenters. The van der Waals surface area contributed by atoms with Crippen LogP contribution in [0.3, 0.4) is 0 Å². The van der Waals surface area contributed by atoms with Crippen molar-refractivity contribution < 1.29 is 16.0 Å². The zero-order chi connectivity index (χ0) is 14.5. The Kier molecular flexibility index (Phi) is 4.20. The topological polar surface area (TPSA) is 49.8 Å². The van der Waals surface area contributed by atoms with Crippen molar-refractivity contribution in [1.29, 1.82) is 0 Å². The third-order valence-electron chi connectivity index (χ3n) is 2.36. The molecular formula is C14H21NO3. The van der Waals surface area contributed by atoms with Crippen molar-refractivity contribution in [1.82, 2.24) is 4.90 Å². The predicted molar refractivity (Wildman–Crippen MR) is 70.3 cm³/mol. The second kappa shape index (κ2) is 5.87. The van der Waals surface area contributed by atoms with Gasteiger partial charge in [-0.25, -0.2) is 4.79 Å². The lowest BCUT2D eigenvalue weighted by atomic mass is 10.1. The average Bonchev–Trinajstić information content (AvgIpc) is 2.34. The van der Waals surface area contributed by atoms with Gasteiger partial charge in [-0.05, 0) is 26.3 Å². The Hall–Kier alpha value is -1.55. The molecule has 1 amide bonds. The molecule has 4 nitrogen and oxygen atoms in total. The minimum atomic E-state index is -0.624. The summed E-state index contributed by atoms with van der Waals surface area (Å²) in [6, 6.07) is 8.58. The lowest BCUT2D eigenvalue weighted by molar-refractivity contribution is 0.0159. The Morgan fingerprint density at radius 2 is 2.06 bits per heavy atom. The van der Waals surface area contributed by atoms with Crippen LogP contribution in [0.5, 0.6) is 0 Å². The molecule has 0 saturated carbocycles. The molecule has 4 heteroatoms. The van der Waals surface area contributed by atoms with E-state index in [0.29, 0.717) is 0 Å². The number of aliphatic hydroxyl groups excluding tert-OH is 1. The normalized spacial score (nSPS) is 13.7. The Bertz CT molecular complexity index is 403. The van der Waals surface area contributed by atoms with Crippen LogP contribution in [-0.2, 0) is 4.74 Å². The fraction of sp³-hybridized carbons (Fsp3) is 0.500. The standard InChI is InChI=1S/C14H21NO3/c1-14(2,3)18-13(17)15(4)12(10-16)11-8-6-5-7-9-11/h5-9,12,16H,10H2,1-4H3/i4D. The third-order valence-corrected chi connectivity index (χ3v) is 2.36. The average molecular weight is 252 g/mol. The summed E-state index contributed by atoms with van der Waals surface area (Å²) in [5.74, 6) is 0. The van der Waals surface area contributed by atoms with E-state index in [4.69, 9.17) is 6.11 Å². The van der Waals surface area contributed by atoms with Gasteiger partial charge in [-0.3, -0.25) is 0 Å². The highest BCUT2D eigenvalue weighted by Crippen LogP contribution is 2.20. The summed E-state index contributed by atoms with van der Waals surface area (Å²) in [5, 5.41) is 9.50. The quantitative estimate of drug-likeness (QED) is 0.899. The van der Waals surface area contributed by atoms with Crippen molar-refractivity contribution in [2.45, 2.75) is 32.4 Å². The summed E-state index contributed by atoms with van der Waals surface area (Å²) < 4.78 is 12.7. The van der Waals surface area contributed by atoms with E-state index in [2.05, 4.69) is 0 Å². The van der Waals surface area contributed by atoms with E-state index in [1.165, 1.54) is 4.90 Å². The van der Waals surface area contributed by atoms with E-state index in [0.717, 1.165) is 5.56 Å².